The standard InChI is InChI=1S/C13H16FN3O/c1-8-6-12-11(7-10(8)14)16-13(15)17(12)9-2-4-18-5-3-9/h6-7,9H,2-5H2,1H3,(H2,15,16). The number of benzene rings is 1. The molecular formula is C13H16FN3O. The van der Waals surface area contributed by atoms with Crippen molar-refractivity contribution in [2.75, 3.05) is 18.9 Å². The molecule has 2 aromatic rings. The van der Waals surface area contributed by atoms with Gasteiger partial charge in [-0.25, -0.2) is 9.37 Å². The maximum atomic E-state index is 13.5. The molecule has 18 heavy (non-hydrogen) atoms. The minimum Gasteiger partial charge on any atom is -0.381 e. The molecule has 1 aromatic carbocycles. The number of nitrogens with two attached hydrogens (primary N) is 1. The van der Waals surface area contributed by atoms with Crippen molar-refractivity contribution < 1.29 is 9.13 Å². The van der Waals surface area contributed by atoms with E-state index in [1.165, 1.54) is 6.07 Å². The van der Waals surface area contributed by atoms with Gasteiger partial charge in [0.1, 0.15) is 5.82 Å². The van der Waals surface area contributed by atoms with E-state index in [0.29, 0.717) is 23.1 Å². The molecule has 3 rings (SSSR count). The highest BCUT2D eigenvalue weighted by Crippen LogP contribution is 2.30. The third kappa shape index (κ3) is 1.75. The van der Waals surface area contributed by atoms with E-state index in [1.807, 2.05) is 10.6 Å². The van der Waals surface area contributed by atoms with Gasteiger partial charge in [0.25, 0.3) is 0 Å². The second-order valence-corrected chi connectivity index (χ2v) is 4.77. The van der Waals surface area contributed by atoms with Crippen LogP contribution in [0.25, 0.3) is 11.0 Å². The lowest BCUT2D eigenvalue weighted by molar-refractivity contribution is 0.0711. The van der Waals surface area contributed by atoms with Gasteiger partial charge in [0, 0.05) is 25.3 Å². The molecule has 0 radical (unpaired) electrons. The number of hydrogen-bond donors (Lipinski definition) is 1. The average molecular weight is 249 g/mol. The van der Waals surface area contributed by atoms with Crippen molar-refractivity contribution >= 4 is 17.0 Å². The SMILES string of the molecule is Cc1cc2c(cc1F)nc(N)n2C1CCOCC1. The minimum absolute atomic E-state index is 0.237. The Labute approximate surface area is 105 Å². The lowest BCUT2D eigenvalue weighted by atomic mass is 10.1. The summed E-state index contributed by atoms with van der Waals surface area (Å²) in [6, 6.07) is 3.58. The minimum atomic E-state index is -0.237. The van der Waals surface area contributed by atoms with E-state index in [0.717, 1.165) is 31.6 Å². The zero-order valence-electron chi connectivity index (χ0n) is 10.3. The highest BCUT2D eigenvalue weighted by molar-refractivity contribution is 5.79. The van der Waals surface area contributed by atoms with Crippen LogP contribution in [0.15, 0.2) is 12.1 Å². The van der Waals surface area contributed by atoms with Crippen molar-refractivity contribution in [1.82, 2.24) is 9.55 Å². The fraction of sp³-hybridized carbons (Fsp3) is 0.462. The van der Waals surface area contributed by atoms with Crippen molar-refractivity contribution in [1.29, 1.82) is 0 Å². The van der Waals surface area contributed by atoms with Gasteiger partial charge < -0.3 is 15.0 Å². The number of anilines is 1. The first kappa shape index (κ1) is 11.5. The Morgan fingerprint density at radius 3 is 2.83 bits per heavy atom. The molecule has 0 atom stereocenters. The number of fused-ring (bicyclic) bond motifs is 1. The van der Waals surface area contributed by atoms with E-state index in [2.05, 4.69) is 4.98 Å². The Bertz CT molecular complexity index is 587. The van der Waals surface area contributed by atoms with Gasteiger partial charge in [0.15, 0.2) is 0 Å². The maximum Gasteiger partial charge on any atom is 0.201 e. The topological polar surface area (TPSA) is 53.1 Å². The molecule has 96 valence electrons. The van der Waals surface area contributed by atoms with Gasteiger partial charge in [-0.2, -0.15) is 0 Å². The van der Waals surface area contributed by atoms with Crippen LogP contribution >= 0.6 is 0 Å². The molecule has 1 aliphatic rings. The first-order valence-corrected chi connectivity index (χ1v) is 6.18. The van der Waals surface area contributed by atoms with Crippen LogP contribution in [-0.2, 0) is 4.74 Å². The van der Waals surface area contributed by atoms with Gasteiger partial charge >= 0.3 is 0 Å². The summed E-state index contributed by atoms with van der Waals surface area (Å²) in [4.78, 5) is 4.25. The van der Waals surface area contributed by atoms with Gasteiger partial charge in [-0.3, -0.25) is 0 Å². The molecular weight excluding hydrogens is 233 g/mol. The fourth-order valence-electron chi connectivity index (χ4n) is 2.57. The zero-order chi connectivity index (χ0) is 12.7. The highest BCUT2D eigenvalue weighted by Gasteiger charge is 2.21. The van der Waals surface area contributed by atoms with Crippen molar-refractivity contribution in [2.45, 2.75) is 25.8 Å². The van der Waals surface area contributed by atoms with Crippen LogP contribution in [0.5, 0.6) is 0 Å². The average Bonchev–Trinajstić information content (AvgIpc) is 2.66. The van der Waals surface area contributed by atoms with E-state index in [9.17, 15) is 4.39 Å². The van der Waals surface area contributed by atoms with E-state index in [-0.39, 0.29) is 5.82 Å². The first-order valence-electron chi connectivity index (χ1n) is 6.18. The summed E-state index contributed by atoms with van der Waals surface area (Å²) < 4.78 is 20.9. The van der Waals surface area contributed by atoms with Crippen molar-refractivity contribution in [3.05, 3.63) is 23.5 Å². The largest absolute Gasteiger partial charge is 0.381 e. The monoisotopic (exact) mass is 249 g/mol. The van der Waals surface area contributed by atoms with Crippen molar-refractivity contribution in [3.8, 4) is 0 Å². The van der Waals surface area contributed by atoms with Crippen molar-refractivity contribution in [3.63, 3.8) is 0 Å². The zero-order valence-corrected chi connectivity index (χ0v) is 10.3. The molecule has 1 aliphatic heterocycles. The number of ether oxygens (including phenoxy) is 1. The summed E-state index contributed by atoms with van der Waals surface area (Å²) in [6.07, 6.45) is 1.85. The van der Waals surface area contributed by atoms with Gasteiger partial charge in [0.2, 0.25) is 5.95 Å². The summed E-state index contributed by atoms with van der Waals surface area (Å²) >= 11 is 0. The lowest BCUT2D eigenvalue weighted by Gasteiger charge is -2.24. The molecule has 0 bridgehead atoms. The molecule has 1 saturated heterocycles. The van der Waals surface area contributed by atoms with Crippen LogP contribution in [0.4, 0.5) is 10.3 Å². The fourth-order valence-corrected chi connectivity index (χ4v) is 2.57. The molecule has 0 aliphatic carbocycles. The van der Waals surface area contributed by atoms with Crippen LogP contribution < -0.4 is 5.73 Å². The number of nitrogen functional groups attached to an aromatic ring is 1. The summed E-state index contributed by atoms with van der Waals surface area (Å²) in [7, 11) is 0. The molecule has 0 unspecified atom stereocenters. The predicted molar refractivity (Wildman–Crippen MR) is 67.9 cm³/mol. The predicted octanol–water partition coefficient (Wildman–Crippen LogP) is 2.42. The van der Waals surface area contributed by atoms with E-state index in [4.69, 9.17) is 10.5 Å². The Kier molecular flexibility index (Phi) is 2.70. The summed E-state index contributed by atoms with van der Waals surface area (Å²) in [5.74, 6) is 0.223. The number of halogens is 1. The van der Waals surface area contributed by atoms with Crippen LogP contribution in [0.2, 0.25) is 0 Å². The smallest absolute Gasteiger partial charge is 0.201 e. The Balaban J connectivity index is 2.15. The van der Waals surface area contributed by atoms with Gasteiger partial charge in [-0.15, -0.1) is 0 Å². The van der Waals surface area contributed by atoms with E-state index >= 15 is 0 Å². The number of rotatable bonds is 1. The quantitative estimate of drug-likeness (QED) is 0.844. The Hall–Kier alpha value is -1.62. The van der Waals surface area contributed by atoms with Gasteiger partial charge in [-0.05, 0) is 31.4 Å². The Morgan fingerprint density at radius 1 is 1.39 bits per heavy atom. The highest BCUT2D eigenvalue weighted by atomic mass is 19.1. The number of hydrogen-bond acceptors (Lipinski definition) is 3. The summed E-state index contributed by atoms with van der Waals surface area (Å²) in [5.41, 5.74) is 8.14. The van der Waals surface area contributed by atoms with Crippen LogP contribution in [0.1, 0.15) is 24.4 Å². The molecule has 1 aromatic heterocycles. The van der Waals surface area contributed by atoms with Crippen LogP contribution in [0, 0.1) is 12.7 Å². The Morgan fingerprint density at radius 2 is 2.11 bits per heavy atom. The third-order valence-electron chi connectivity index (χ3n) is 3.55. The van der Waals surface area contributed by atoms with E-state index in [1.54, 1.807) is 6.92 Å². The molecule has 2 heterocycles. The third-order valence-corrected chi connectivity index (χ3v) is 3.55. The first-order chi connectivity index (χ1) is 8.66. The second kappa shape index (κ2) is 4.24. The van der Waals surface area contributed by atoms with Crippen molar-refractivity contribution in [2.24, 2.45) is 0 Å². The van der Waals surface area contributed by atoms with Crippen LogP contribution in [-0.4, -0.2) is 22.8 Å². The lowest BCUT2D eigenvalue weighted by Crippen LogP contribution is -2.20. The number of imidazole rings is 1. The summed E-state index contributed by atoms with van der Waals surface area (Å²) in [5, 5.41) is 0. The normalized spacial score (nSPS) is 17.4. The molecule has 0 saturated carbocycles. The molecule has 4 nitrogen and oxygen atoms in total. The van der Waals surface area contributed by atoms with Gasteiger partial charge in [0.05, 0.1) is 11.0 Å². The van der Waals surface area contributed by atoms with E-state index < -0.39 is 0 Å². The number of nitrogens with zero attached hydrogens (tertiary/aromatic N) is 2. The molecule has 1 fully saturated rings. The number of aryl methyl sites for hydroxylation is 1. The van der Waals surface area contributed by atoms with Gasteiger partial charge in [-0.1, -0.05) is 0 Å². The molecule has 0 amide bonds. The molecule has 5 heteroatoms. The number of aromatic nitrogens is 2. The summed E-state index contributed by atoms with van der Waals surface area (Å²) in [6.45, 7) is 3.24. The molecule has 0 spiro atoms. The second-order valence-electron chi connectivity index (χ2n) is 4.77. The van der Waals surface area contributed by atoms with Crippen LogP contribution in [0.3, 0.4) is 0 Å². The molecule has 2 N–H and O–H groups in total. The maximum absolute atomic E-state index is 13.5.